The highest BCUT2D eigenvalue weighted by atomic mass is 16.5. The molecule has 9 nitrogen and oxygen atoms in total. The second-order valence-electron chi connectivity index (χ2n) is 5.07. The van der Waals surface area contributed by atoms with Crippen LogP contribution in [0.3, 0.4) is 0 Å². The quantitative estimate of drug-likeness (QED) is 0.363. The number of nitrogens with zero attached hydrogens (tertiary/aromatic N) is 3. The van der Waals surface area contributed by atoms with E-state index in [1.165, 1.54) is 4.90 Å². The van der Waals surface area contributed by atoms with Gasteiger partial charge in [0.05, 0.1) is 25.9 Å². The number of carbonyl (C=O) groups is 2. The molecular formula is C13H23N5O4. The predicted molar refractivity (Wildman–Crippen MR) is 79.7 cm³/mol. The maximum absolute atomic E-state index is 11.5. The number of imide groups is 1. The van der Waals surface area contributed by atoms with Gasteiger partial charge in [-0.2, -0.15) is 0 Å². The third-order valence-corrected chi connectivity index (χ3v) is 3.56. The van der Waals surface area contributed by atoms with Crippen LogP contribution in [0.2, 0.25) is 0 Å². The van der Waals surface area contributed by atoms with E-state index in [2.05, 4.69) is 20.5 Å². The zero-order chi connectivity index (χ0) is 15.9. The van der Waals surface area contributed by atoms with Crippen molar-refractivity contribution in [2.75, 3.05) is 60.1 Å². The van der Waals surface area contributed by atoms with Gasteiger partial charge in [0.1, 0.15) is 0 Å². The molecule has 2 rings (SSSR count). The maximum atomic E-state index is 11.5. The van der Waals surface area contributed by atoms with Crippen molar-refractivity contribution < 1.29 is 19.1 Å². The fourth-order valence-corrected chi connectivity index (χ4v) is 2.49. The lowest BCUT2D eigenvalue weighted by molar-refractivity contribution is -0.124. The Morgan fingerprint density at radius 1 is 1.55 bits per heavy atom. The van der Waals surface area contributed by atoms with Gasteiger partial charge in [0.2, 0.25) is 5.91 Å². The van der Waals surface area contributed by atoms with Gasteiger partial charge in [-0.15, -0.1) is 0 Å². The first-order valence-electron chi connectivity index (χ1n) is 7.30. The number of rotatable bonds is 5. The number of ether oxygens (including phenoxy) is 2. The zero-order valence-electron chi connectivity index (χ0n) is 13.0. The van der Waals surface area contributed by atoms with E-state index in [4.69, 9.17) is 9.47 Å². The Labute approximate surface area is 129 Å². The Balaban J connectivity index is 1.79. The van der Waals surface area contributed by atoms with Gasteiger partial charge in [0.25, 0.3) is 0 Å². The minimum absolute atomic E-state index is 0.0169. The summed E-state index contributed by atoms with van der Waals surface area (Å²) < 4.78 is 10.7. The number of morpholine rings is 1. The summed E-state index contributed by atoms with van der Waals surface area (Å²) in [5, 5.41) is 5.67. The molecule has 0 aromatic heterocycles. The molecule has 0 aromatic rings. The number of carbonyl (C=O) groups excluding carboxylic acids is 2. The third-order valence-electron chi connectivity index (χ3n) is 3.56. The highest BCUT2D eigenvalue weighted by Gasteiger charge is 2.28. The van der Waals surface area contributed by atoms with Crippen LogP contribution in [-0.2, 0) is 14.3 Å². The van der Waals surface area contributed by atoms with Crippen LogP contribution in [0.25, 0.3) is 0 Å². The highest BCUT2D eigenvalue weighted by molar-refractivity contribution is 6.01. The maximum Gasteiger partial charge on any atom is 0.324 e. The second kappa shape index (κ2) is 7.95. The monoisotopic (exact) mass is 313 g/mol. The first-order valence-corrected chi connectivity index (χ1v) is 7.30. The number of urea groups is 1. The van der Waals surface area contributed by atoms with E-state index in [1.54, 1.807) is 14.2 Å². The molecule has 1 atom stereocenters. The van der Waals surface area contributed by atoms with Crippen LogP contribution in [0.4, 0.5) is 4.79 Å². The summed E-state index contributed by atoms with van der Waals surface area (Å²) in [6.07, 6.45) is 0.0169. The molecular weight excluding hydrogens is 290 g/mol. The average molecular weight is 313 g/mol. The summed E-state index contributed by atoms with van der Waals surface area (Å²) in [5.74, 6) is 0.532. The molecule has 2 N–H and O–H groups in total. The van der Waals surface area contributed by atoms with E-state index >= 15 is 0 Å². The van der Waals surface area contributed by atoms with Crippen LogP contribution < -0.4 is 10.6 Å². The molecule has 124 valence electrons. The molecule has 3 amide bonds. The summed E-state index contributed by atoms with van der Waals surface area (Å²) >= 11 is 0. The molecule has 0 aromatic carbocycles. The Hall–Kier alpha value is -1.87. The molecule has 0 saturated carbocycles. The number of nitrogens with one attached hydrogen (secondary N) is 2. The lowest BCUT2D eigenvalue weighted by atomic mass is 10.3. The molecule has 2 aliphatic rings. The van der Waals surface area contributed by atoms with Crippen LogP contribution in [-0.4, -0.2) is 93.9 Å². The summed E-state index contributed by atoms with van der Waals surface area (Å²) in [7, 11) is 3.35. The molecule has 2 aliphatic heterocycles. The van der Waals surface area contributed by atoms with Gasteiger partial charge in [-0.05, 0) is 0 Å². The van der Waals surface area contributed by atoms with Crippen molar-refractivity contribution in [2.45, 2.75) is 6.10 Å². The lowest BCUT2D eigenvalue weighted by Gasteiger charge is -2.34. The van der Waals surface area contributed by atoms with E-state index in [9.17, 15) is 9.59 Å². The largest absolute Gasteiger partial charge is 0.382 e. The van der Waals surface area contributed by atoms with Crippen molar-refractivity contribution in [3.63, 3.8) is 0 Å². The van der Waals surface area contributed by atoms with Gasteiger partial charge < -0.3 is 25.0 Å². The van der Waals surface area contributed by atoms with Crippen LogP contribution >= 0.6 is 0 Å². The van der Waals surface area contributed by atoms with Crippen molar-refractivity contribution in [1.82, 2.24) is 20.4 Å². The Kier molecular flexibility index (Phi) is 5.96. The number of hydrogen-bond donors (Lipinski definition) is 2. The van der Waals surface area contributed by atoms with Crippen LogP contribution in [0, 0.1) is 0 Å². The summed E-state index contributed by atoms with van der Waals surface area (Å²) in [5.41, 5.74) is 0. The average Bonchev–Trinajstić information content (AvgIpc) is 2.84. The minimum Gasteiger partial charge on any atom is -0.382 e. The first-order chi connectivity index (χ1) is 10.7. The van der Waals surface area contributed by atoms with E-state index in [0.29, 0.717) is 32.8 Å². The van der Waals surface area contributed by atoms with E-state index in [0.717, 1.165) is 12.5 Å². The zero-order valence-corrected chi connectivity index (χ0v) is 13.0. The van der Waals surface area contributed by atoms with E-state index < -0.39 is 0 Å². The van der Waals surface area contributed by atoms with E-state index in [1.807, 2.05) is 0 Å². The molecule has 9 heteroatoms. The molecule has 22 heavy (non-hydrogen) atoms. The van der Waals surface area contributed by atoms with Gasteiger partial charge in [-0.1, -0.05) is 0 Å². The molecule has 2 saturated heterocycles. The summed E-state index contributed by atoms with van der Waals surface area (Å²) in [6.45, 7) is 3.43. The first kappa shape index (κ1) is 16.5. The number of guanidine groups is 1. The molecule has 2 fully saturated rings. The molecule has 0 bridgehead atoms. The Morgan fingerprint density at radius 2 is 2.36 bits per heavy atom. The molecule has 0 spiro atoms. The summed E-state index contributed by atoms with van der Waals surface area (Å²) in [4.78, 5) is 30.5. The standard InChI is InChI=1S/C13H23N5O4/c1-14-12(17-5-6-22-10(8-17)9-21-2)15-3-4-18-11(19)7-16-13(18)20/h10H,3-9H2,1-2H3,(H,14,15)(H,16,20). The molecule has 0 aliphatic carbocycles. The van der Waals surface area contributed by atoms with Gasteiger partial charge in [0.15, 0.2) is 5.96 Å². The topological polar surface area (TPSA) is 95.5 Å². The molecule has 2 heterocycles. The van der Waals surface area contributed by atoms with Gasteiger partial charge >= 0.3 is 6.03 Å². The normalized spacial score (nSPS) is 23.0. The number of methoxy groups -OCH3 is 1. The van der Waals surface area contributed by atoms with Gasteiger partial charge in [-0.25, -0.2) is 4.79 Å². The Bertz CT molecular complexity index is 424. The van der Waals surface area contributed by atoms with Crippen LogP contribution in [0.1, 0.15) is 0 Å². The SMILES string of the molecule is CN=C(NCCN1C(=O)CNC1=O)N1CCOC(COC)C1. The molecule has 0 radical (unpaired) electrons. The second-order valence-corrected chi connectivity index (χ2v) is 5.07. The summed E-state index contributed by atoms with van der Waals surface area (Å²) in [6, 6.07) is -0.340. The number of amides is 3. The molecule has 1 unspecified atom stereocenters. The minimum atomic E-state index is -0.340. The third kappa shape index (κ3) is 4.08. The van der Waals surface area contributed by atoms with Crippen molar-refractivity contribution in [3.05, 3.63) is 0 Å². The predicted octanol–water partition coefficient (Wildman–Crippen LogP) is -1.54. The fourth-order valence-electron chi connectivity index (χ4n) is 2.49. The lowest BCUT2D eigenvalue weighted by Crippen LogP contribution is -2.52. The van der Waals surface area contributed by atoms with E-state index in [-0.39, 0.29) is 24.6 Å². The van der Waals surface area contributed by atoms with Crippen LogP contribution in [0.15, 0.2) is 4.99 Å². The van der Waals surface area contributed by atoms with Gasteiger partial charge in [0, 0.05) is 40.3 Å². The fraction of sp³-hybridized carbons (Fsp3) is 0.769. The highest BCUT2D eigenvalue weighted by Crippen LogP contribution is 2.06. The van der Waals surface area contributed by atoms with Crippen molar-refractivity contribution in [1.29, 1.82) is 0 Å². The van der Waals surface area contributed by atoms with Crippen molar-refractivity contribution >= 4 is 17.9 Å². The van der Waals surface area contributed by atoms with Crippen molar-refractivity contribution in [3.8, 4) is 0 Å². The van der Waals surface area contributed by atoms with Crippen LogP contribution in [0.5, 0.6) is 0 Å². The van der Waals surface area contributed by atoms with Gasteiger partial charge in [-0.3, -0.25) is 14.7 Å². The number of aliphatic imine (C=N–C) groups is 1. The van der Waals surface area contributed by atoms with Crippen molar-refractivity contribution in [2.24, 2.45) is 4.99 Å². The Morgan fingerprint density at radius 3 is 3.00 bits per heavy atom. The number of hydrogen-bond acceptors (Lipinski definition) is 5. The smallest absolute Gasteiger partial charge is 0.324 e.